The van der Waals surface area contributed by atoms with Gasteiger partial charge in [-0.2, -0.15) is 4.98 Å². The average Bonchev–Trinajstić information content (AvgIpc) is 2.63. The molecule has 1 atom stereocenters. The molecule has 1 aromatic heterocycles. The average molecular weight is 381 g/mol. The van der Waals surface area contributed by atoms with Crippen LogP contribution in [0.4, 0.5) is 21.8 Å². The third-order valence-corrected chi connectivity index (χ3v) is 4.06. The molecule has 0 bridgehead atoms. The van der Waals surface area contributed by atoms with Gasteiger partial charge in [0.2, 0.25) is 5.95 Å². The lowest BCUT2D eigenvalue weighted by Gasteiger charge is -2.17. The van der Waals surface area contributed by atoms with Crippen molar-refractivity contribution in [1.29, 1.82) is 0 Å². The van der Waals surface area contributed by atoms with Crippen molar-refractivity contribution in [2.75, 3.05) is 10.6 Å². The highest BCUT2D eigenvalue weighted by atomic mass is 32.1. The number of nitrogens with one attached hydrogen (secondary N) is 3. The standard InChI is InChI=1S/C20H20FN5S/c1-13-12-18(24-17-10-8-16(21)9-11-17)25-19(22-13)26-20(27)23-14(2)15-6-4-3-5-7-15/h3-12,14H,1-2H3,(H3,22,23,24,25,26,27)/t14-/m0/s1. The number of aryl methyl sites for hydroxylation is 1. The largest absolute Gasteiger partial charge is 0.356 e. The summed E-state index contributed by atoms with van der Waals surface area (Å²) in [5, 5.41) is 9.80. The van der Waals surface area contributed by atoms with Crippen molar-refractivity contribution < 1.29 is 4.39 Å². The summed E-state index contributed by atoms with van der Waals surface area (Å²) >= 11 is 5.38. The topological polar surface area (TPSA) is 61.9 Å². The first-order chi connectivity index (χ1) is 13.0. The van der Waals surface area contributed by atoms with E-state index in [2.05, 4.69) is 25.9 Å². The molecule has 0 saturated heterocycles. The Morgan fingerprint density at radius 2 is 1.74 bits per heavy atom. The van der Waals surface area contributed by atoms with Gasteiger partial charge in [0.05, 0.1) is 6.04 Å². The molecule has 0 aliphatic heterocycles. The molecule has 27 heavy (non-hydrogen) atoms. The zero-order chi connectivity index (χ0) is 19.2. The molecule has 0 fully saturated rings. The second-order valence-corrected chi connectivity index (χ2v) is 6.49. The number of hydrogen-bond donors (Lipinski definition) is 3. The highest BCUT2D eigenvalue weighted by Crippen LogP contribution is 2.17. The van der Waals surface area contributed by atoms with E-state index in [1.807, 2.05) is 44.2 Å². The molecule has 0 saturated carbocycles. The molecule has 0 aliphatic carbocycles. The molecule has 0 unspecified atom stereocenters. The fourth-order valence-electron chi connectivity index (χ4n) is 2.53. The zero-order valence-electron chi connectivity index (χ0n) is 15.0. The number of aromatic nitrogens is 2. The predicted octanol–water partition coefficient (Wildman–Crippen LogP) is 4.72. The Balaban J connectivity index is 1.66. The van der Waals surface area contributed by atoms with Crippen molar-refractivity contribution in [1.82, 2.24) is 15.3 Å². The van der Waals surface area contributed by atoms with E-state index in [1.54, 1.807) is 18.2 Å². The van der Waals surface area contributed by atoms with Crippen LogP contribution < -0.4 is 16.0 Å². The first-order valence-electron chi connectivity index (χ1n) is 8.50. The third kappa shape index (κ3) is 5.46. The SMILES string of the molecule is Cc1cc(Nc2ccc(F)cc2)nc(NC(=S)N[C@@H](C)c2ccccc2)n1. The van der Waals surface area contributed by atoms with E-state index in [-0.39, 0.29) is 11.9 Å². The van der Waals surface area contributed by atoms with Crippen LogP contribution in [0.15, 0.2) is 60.7 Å². The van der Waals surface area contributed by atoms with E-state index >= 15 is 0 Å². The van der Waals surface area contributed by atoms with Crippen molar-refractivity contribution in [3.05, 3.63) is 77.7 Å². The predicted molar refractivity (Wildman–Crippen MR) is 111 cm³/mol. The van der Waals surface area contributed by atoms with Gasteiger partial charge in [0.1, 0.15) is 11.6 Å². The van der Waals surface area contributed by atoms with Crippen molar-refractivity contribution >= 4 is 34.8 Å². The lowest BCUT2D eigenvalue weighted by molar-refractivity contribution is 0.628. The number of hydrogen-bond acceptors (Lipinski definition) is 4. The molecular formula is C20H20FN5S. The maximum absolute atomic E-state index is 13.0. The van der Waals surface area contributed by atoms with Gasteiger partial charge in [0.25, 0.3) is 0 Å². The third-order valence-electron chi connectivity index (χ3n) is 3.84. The maximum Gasteiger partial charge on any atom is 0.231 e. The van der Waals surface area contributed by atoms with E-state index in [4.69, 9.17) is 12.2 Å². The van der Waals surface area contributed by atoms with Gasteiger partial charge >= 0.3 is 0 Å². The number of benzene rings is 2. The second kappa shape index (κ2) is 8.55. The first-order valence-corrected chi connectivity index (χ1v) is 8.91. The van der Waals surface area contributed by atoms with Crippen LogP contribution in [0.25, 0.3) is 0 Å². The van der Waals surface area contributed by atoms with Crippen molar-refractivity contribution in [3.8, 4) is 0 Å². The Bertz CT molecular complexity index is 915. The number of halogens is 1. The van der Waals surface area contributed by atoms with Crippen LogP contribution in [0.2, 0.25) is 0 Å². The van der Waals surface area contributed by atoms with Gasteiger partial charge in [-0.1, -0.05) is 30.3 Å². The molecule has 0 aliphatic rings. The summed E-state index contributed by atoms with van der Waals surface area (Å²) in [4.78, 5) is 8.78. The highest BCUT2D eigenvalue weighted by molar-refractivity contribution is 7.80. The highest BCUT2D eigenvalue weighted by Gasteiger charge is 2.09. The Morgan fingerprint density at radius 1 is 1.04 bits per heavy atom. The fourth-order valence-corrected chi connectivity index (χ4v) is 2.80. The van der Waals surface area contributed by atoms with Crippen LogP contribution in [0.1, 0.15) is 24.2 Å². The summed E-state index contributed by atoms with van der Waals surface area (Å²) in [6.07, 6.45) is 0. The summed E-state index contributed by atoms with van der Waals surface area (Å²) in [6, 6.07) is 17.9. The molecule has 7 heteroatoms. The molecule has 138 valence electrons. The molecule has 0 spiro atoms. The number of rotatable bonds is 5. The van der Waals surface area contributed by atoms with Gasteiger partial charge in [-0.3, -0.25) is 0 Å². The Hall–Kier alpha value is -3.06. The molecule has 5 nitrogen and oxygen atoms in total. The smallest absolute Gasteiger partial charge is 0.231 e. The number of thiocarbonyl (C=S) groups is 1. The van der Waals surface area contributed by atoms with Crippen LogP contribution in [-0.2, 0) is 0 Å². The van der Waals surface area contributed by atoms with Crippen molar-refractivity contribution in [2.24, 2.45) is 0 Å². The van der Waals surface area contributed by atoms with E-state index in [1.165, 1.54) is 12.1 Å². The van der Waals surface area contributed by atoms with Gasteiger partial charge in [0, 0.05) is 17.4 Å². The zero-order valence-corrected chi connectivity index (χ0v) is 15.8. The maximum atomic E-state index is 13.0. The van der Waals surface area contributed by atoms with E-state index < -0.39 is 0 Å². The molecule has 3 rings (SSSR count). The van der Waals surface area contributed by atoms with Crippen LogP contribution in [0, 0.1) is 12.7 Å². The van der Waals surface area contributed by atoms with Crippen LogP contribution >= 0.6 is 12.2 Å². The monoisotopic (exact) mass is 381 g/mol. The summed E-state index contributed by atoms with van der Waals surface area (Å²) in [5.74, 6) is 0.693. The van der Waals surface area contributed by atoms with Gasteiger partial charge < -0.3 is 16.0 Å². The lowest BCUT2D eigenvalue weighted by Crippen LogP contribution is -2.31. The number of nitrogens with zero attached hydrogens (tertiary/aromatic N) is 2. The molecule has 3 N–H and O–H groups in total. The molecular weight excluding hydrogens is 361 g/mol. The van der Waals surface area contributed by atoms with Crippen molar-refractivity contribution in [3.63, 3.8) is 0 Å². The Kier molecular flexibility index (Phi) is 5.93. The Labute approximate surface area is 163 Å². The minimum Gasteiger partial charge on any atom is -0.356 e. The summed E-state index contributed by atoms with van der Waals surface area (Å²) < 4.78 is 13.0. The minimum atomic E-state index is -0.286. The fraction of sp³-hybridized carbons (Fsp3) is 0.150. The molecule has 0 amide bonds. The molecule has 3 aromatic rings. The summed E-state index contributed by atoms with van der Waals surface area (Å²) in [6.45, 7) is 3.90. The molecule has 1 heterocycles. The Morgan fingerprint density at radius 3 is 2.44 bits per heavy atom. The summed E-state index contributed by atoms with van der Waals surface area (Å²) in [7, 11) is 0. The van der Waals surface area contributed by atoms with Gasteiger partial charge in [-0.15, -0.1) is 0 Å². The minimum absolute atomic E-state index is 0.0489. The van der Waals surface area contributed by atoms with Crippen LogP contribution in [0.3, 0.4) is 0 Å². The van der Waals surface area contributed by atoms with E-state index in [0.29, 0.717) is 16.9 Å². The molecule has 0 radical (unpaired) electrons. The quantitative estimate of drug-likeness (QED) is 0.556. The first kappa shape index (κ1) is 18.7. The molecule has 2 aromatic carbocycles. The lowest BCUT2D eigenvalue weighted by atomic mass is 10.1. The second-order valence-electron chi connectivity index (χ2n) is 6.08. The van der Waals surface area contributed by atoms with E-state index in [9.17, 15) is 4.39 Å². The normalized spacial score (nSPS) is 11.5. The van der Waals surface area contributed by atoms with Gasteiger partial charge in [-0.25, -0.2) is 9.37 Å². The van der Waals surface area contributed by atoms with Crippen molar-refractivity contribution in [2.45, 2.75) is 19.9 Å². The summed E-state index contributed by atoms with van der Waals surface area (Å²) in [5.41, 5.74) is 2.64. The van der Waals surface area contributed by atoms with Gasteiger partial charge in [-0.05, 0) is 55.9 Å². The number of anilines is 3. The van der Waals surface area contributed by atoms with Gasteiger partial charge in [0.15, 0.2) is 5.11 Å². The van der Waals surface area contributed by atoms with E-state index in [0.717, 1.165) is 16.9 Å². The van der Waals surface area contributed by atoms with Crippen LogP contribution in [-0.4, -0.2) is 15.1 Å². The van der Waals surface area contributed by atoms with Crippen LogP contribution in [0.5, 0.6) is 0 Å².